The molecule has 3 nitrogen and oxygen atoms in total. The molecule has 20 heavy (non-hydrogen) atoms. The Morgan fingerprint density at radius 2 is 2.25 bits per heavy atom. The van der Waals surface area contributed by atoms with Gasteiger partial charge >= 0.3 is 6.61 Å². The lowest BCUT2D eigenvalue weighted by Gasteiger charge is -2.14. The van der Waals surface area contributed by atoms with Gasteiger partial charge in [0.25, 0.3) is 5.91 Å². The quantitative estimate of drug-likeness (QED) is 0.846. The number of benzene rings is 1. The van der Waals surface area contributed by atoms with Crippen molar-refractivity contribution in [3.63, 3.8) is 0 Å². The third-order valence-corrected chi connectivity index (χ3v) is 3.99. The van der Waals surface area contributed by atoms with Gasteiger partial charge in [-0.15, -0.1) is 11.6 Å². The first-order valence-electron chi connectivity index (χ1n) is 6.53. The number of hydrogen-bond donors (Lipinski definition) is 1. The second-order valence-corrected chi connectivity index (χ2v) is 5.38. The largest absolute Gasteiger partial charge is 0.435 e. The monoisotopic (exact) mass is 303 g/mol. The van der Waals surface area contributed by atoms with Crippen molar-refractivity contribution in [1.82, 2.24) is 5.32 Å². The topological polar surface area (TPSA) is 38.3 Å². The highest BCUT2D eigenvalue weighted by Crippen LogP contribution is 2.29. The average Bonchev–Trinajstić information content (AvgIpc) is 2.81. The maximum atomic E-state index is 12.1. The zero-order valence-corrected chi connectivity index (χ0v) is 11.6. The van der Waals surface area contributed by atoms with E-state index < -0.39 is 6.61 Å². The van der Waals surface area contributed by atoms with E-state index in [0.29, 0.717) is 12.1 Å². The van der Waals surface area contributed by atoms with Crippen LogP contribution in [0.25, 0.3) is 0 Å². The lowest BCUT2D eigenvalue weighted by Crippen LogP contribution is -2.31. The van der Waals surface area contributed by atoms with E-state index in [4.69, 9.17) is 11.6 Å². The van der Waals surface area contributed by atoms with Crippen LogP contribution >= 0.6 is 11.6 Å². The lowest BCUT2D eigenvalue weighted by molar-refractivity contribution is -0.0498. The van der Waals surface area contributed by atoms with Crippen LogP contribution in [0.2, 0.25) is 0 Å². The summed E-state index contributed by atoms with van der Waals surface area (Å²) in [6.45, 7) is -2.39. The van der Waals surface area contributed by atoms with Gasteiger partial charge in [-0.3, -0.25) is 4.79 Å². The number of carbonyl (C=O) groups excluding carboxylic acids is 1. The Balaban J connectivity index is 1.91. The van der Waals surface area contributed by atoms with E-state index in [9.17, 15) is 13.6 Å². The Morgan fingerprint density at radius 1 is 1.45 bits per heavy atom. The van der Waals surface area contributed by atoms with E-state index >= 15 is 0 Å². The minimum absolute atomic E-state index is 0.0243. The smallest absolute Gasteiger partial charge is 0.387 e. The molecule has 1 aromatic rings. The maximum absolute atomic E-state index is 12.1. The number of rotatable bonds is 5. The average molecular weight is 304 g/mol. The molecule has 2 unspecified atom stereocenters. The molecule has 2 atom stereocenters. The molecular formula is C14H16ClF2NO2. The molecule has 1 aliphatic carbocycles. The Hall–Kier alpha value is -1.36. The summed E-state index contributed by atoms with van der Waals surface area (Å²) in [6, 6.07) is 5.75. The Morgan fingerprint density at radius 3 is 2.90 bits per heavy atom. The van der Waals surface area contributed by atoms with Crippen molar-refractivity contribution in [3.8, 4) is 5.75 Å². The number of halogens is 3. The number of ether oxygens (including phenoxy) is 1. The zero-order valence-electron chi connectivity index (χ0n) is 10.8. The predicted octanol–water partition coefficient (Wildman–Crippen LogP) is 3.43. The van der Waals surface area contributed by atoms with E-state index in [1.807, 2.05) is 0 Å². The van der Waals surface area contributed by atoms with Gasteiger partial charge in [-0.2, -0.15) is 8.78 Å². The summed E-state index contributed by atoms with van der Waals surface area (Å²) in [5, 5.41) is 2.89. The van der Waals surface area contributed by atoms with Crippen molar-refractivity contribution in [3.05, 3.63) is 29.8 Å². The molecule has 1 fully saturated rings. The van der Waals surface area contributed by atoms with Gasteiger partial charge in [0.05, 0.1) is 0 Å². The summed E-state index contributed by atoms with van der Waals surface area (Å²) in [7, 11) is 0. The molecule has 2 rings (SSSR count). The molecule has 110 valence electrons. The highest BCUT2D eigenvalue weighted by atomic mass is 35.5. The third-order valence-electron chi connectivity index (χ3n) is 3.41. The Bertz CT molecular complexity index is 470. The van der Waals surface area contributed by atoms with E-state index in [2.05, 4.69) is 10.1 Å². The number of amides is 1. The van der Waals surface area contributed by atoms with Gasteiger partial charge in [0.15, 0.2) is 0 Å². The van der Waals surface area contributed by atoms with Crippen molar-refractivity contribution in [2.45, 2.75) is 31.3 Å². The highest BCUT2D eigenvalue weighted by Gasteiger charge is 2.25. The van der Waals surface area contributed by atoms with Crippen LogP contribution in [0.1, 0.15) is 29.6 Å². The van der Waals surface area contributed by atoms with Crippen LogP contribution in [-0.2, 0) is 0 Å². The Kier molecular flexibility index (Phi) is 5.17. The SMILES string of the molecule is O=C(NCC1CCCC1Cl)c1cccc(OC(F)F)c1. The molecular weight excluding hydrogens is 288 g/mol. The molecule has 6 heteroatoms. The predicted molar refractivity (Wildman–Crippen MR) is 72.4 cm³/mol. The summed E-state index contributed by atoms with van der Waals surface area (Å²) in [4.78, 5) is 11.9. The first-order valence-corrected chi connectivity index (χ1v) is 6.97. The van der Waals surface area contributed by atoms with Crippen LogP contribution in [0, 0.1) is 5.92 Å². The molecule has 1 saturated carbocycles. The first-order chi connectivity index (χ1) is 9.56. The number of hydrogen-bond acceptors (Lipinski definition) is 2. The molecule has 1 N–H and O–H groups in total. The summed E-state index contributed by atoms with van der Waals surface area (Å²) in [6.07, 6.45) is 3.05. The minimum atomic E-state index is -2.90. The Labute approximate surface area is 121 Å². The highest BCUT2D eigenvalue weighted by molar-refractivity contribution is 6.21. The molecule has 1 aliphatic rings. The van der Waals surface area contributed by atoms with Gasteiger partial charge in [0.2, 0.25) is 0 Å². The first kappa shape index (κ1) is 15.0. The fourth-order valence-corrected chi connectivity index (χ4v) is 2.73. The van der Waals surface area contributed by atoms with Crippen LogP contribution in [0.4, 0.5) is 8.78 Å². The van der Waals surface area contributed by atoms with E-state index in [1.54, 1.807) is 6.07 Å². The summed E-state index contributed by atoms with van der Waals surface area (Å²) < 4.78 is 28.5. The molecule has 0 radical (unpaired) electrons. The normalized spacial score (nSPS) is 22.0. The molecule has 0 aliphatic heterocycles. The summed E-state index contributed by atoms with van der Waals surface area (Å²) in [5.74, 6) is -0.0506. The van der Waals surface area contributed by atoms with Crippen LogP contribution < -0.4 is 10.1 Å². The molecule has 0 spiro atoms. The maximum Gasteiger partial charge on any atom is 0.387 e. The number of alkyl halides is 3. The third kappa shape index (κ3) is 4.07. The van der Waals surface area contributed by atoms with Crippen molar-refractivity contribution >= 4 is 17.5 Å². The number of carbonyl (C=O) groups is 1. The van der Waals surface area contributed by atoms with Crippen molar-refractivity contribution in [2.24, 2.45) is 5.92 Å². The molecule has 0 heterocycles. The van der Waals surface area contributed by atoms with Gasteiger partial charge in [-0.25, -0.2) is 0 Å². The molecule has 0 bridgehead atoms. The fourth-order valence-electron chi connectivity index (χ4n) is 2.36. The molecule has 0 aromatic heterocycles. The van der Waals surface area contributed by atoms with Gasteiger partial charge < -0.3 is 10.1 Å². The van der Waals surface area contributed by atoms with E-state index in [0.717, 1.165) is 19.3 Å². The lowest BCUT2D eigenvalue weighted by atomic mass is 10.1. The van der Waals surface area contributed by atoms with Gasteiger partial charge in [-0.1, -0.05) is 12.5 Å². The van der Waals surface area contributed by atoms with E-state index in [-0.39, 0.29) is 23.0 Å². The standard InChI is InChI=1S/C14H16ClF2NO2/c15-12-6-2-4-10(12)8-18-13(19)9-3-1-5-11(7-9)20-14(16)17/h1,3,5,7,10,12,14H,2,4,6,8H2,(H,18,19). The van der Waals surface area contributed by atoms with Crippen LogP contribution in [-0.4, -0.2) is 24.4 Å². The fraction of sp³-hybridized carbons (Fsp3) is 0.500. The molecule has 1 amide bonds. The van der Waals surface area contributed by atoms with E-state index in [1.165, 1.54) is 18.2 Å². The van der Waals surface area contributed by atoms with Gasteiger partial charge in [0.1, 0.15) is 5.75 Å². The second-order valence-electron chi connectivity index (χ2n) is 4.82. The van der Waals surface area contributed by atoms with Crippen molar-refractivity contribution < 1.29 is 18.3 Å². The van der Waals surface area contributed by atoms with Crippen molar-refractivity contribution in [1.29, 1.82) is 0 Å². The van der Waals surface area contributed by atoms with Gasteiger partial charge in [-0.05, 0) is 37.0 Å². The minimum Gasteiger partial charge on any atom is -0.435 e. The number of nitrogens with one attached hydrogen (secondary N) is 1. The van der Waals surface area contributed by atoms with Crippen molar-refractivity contribution in [2.75, 3.05) is 6.54 Å². The summed E-state index contributed by atoms with van der Waals surface area (Å²) >= 11 is 6.14. The van der Waals surface area contributed by atoms with Crippen LogP contribution in [0.5, 0.6) is 5.75 Å². The molecule has 1 aromatic carbocycles. The van der Waals surface area contributed by atoms with Crippen LogP contribution in [0.3, 0.4) is 0 Å². The second kappa shape index (κ2) is 6.88. The van der Waals surface area contributed by atoms with Gasteiger partial charge in [0, 0.05) is 17.5 Å². The summed E-state index contributed by atoms with van der Waals surface area (Å²) in [5.41, 5.74) is 0.298. The zero-order chi connectivity index (χ0) is 14.5. The van der Waals surface area contributed by atoms with Crippen LogP contribution in [0.15, 0.2) is 24.3 Å². The molecule has 0 saturated heterocycles.